The summed E-state index contributed by atoms with van der Waals surface area (Å²) >= 11 is 1.64. The van der Waals surface area contributed by atoms with Crippen LogP contribution in [-0.4, -0.2) is 39.2 Å². The van der Waals surface area contributed by atoms with Crippen LogP contribution in [0.4, 0.5) is 5.95 Å². The molecule has 5 heteroatoms. The zero-order valence-corrected chi connectivity index (χ0v) is 12.6. The predicted molar refractivity (Wildman–Crippen MR) is 78.3 cm³/mol. The number of aryl methyl sites for hydroxylation is 1. The van der Waals surface area contributed by atoms with Gasteiger partial charge in [-0.3, -0.25) is 0 Å². The summed E-state index contributed by atoms with van der Waals surface area (Å²) in [5.74, 6) is 1.04. The number of thioether (sulfide) groups is 1. The summed E-state index contributed by atoms with van der Waals surface area (Å²) in [6.07, 6.45) is 2.00. The maximum Gasteiger partial charge on any atom is 0.223 e. The molecule has 1 rings (SSSR count). The van der Waals surface area contributed by atoms with Crippen LogP contribution in [0.2, 0.25) is 0 Å². The van der Waals surface area contributed by atoms with E-state index in [0.29, 0.717) is 11.9 Å². The second-order valence-electron chi connectivity index (χ2n) is 4.80. The maximum atomic E-state index is 9.27. The average molecular weight is 269 g/mol. The van der Waals surface area contributed by atoms with Gasteiger partial charge >= 0.3 is 0 Å². The van der Waals surface area contributed by atoms with E-state index in [2.05, 4.69) is 29.1 Å². The van der Waals surface area contributed by atoms with Crippen LogP contribution in [0.25, 0.3) is 0 Å². The fraction of sp³-hybridized carbons (Fsp3) is 0.692. The van der Waals surface area contributed by atoms with E-state index in [-0.39, 0.29) is 17.9 Å². The highest BCUT2D eigenvalue weighted by molar-refractivity contribution is 7.99. The van der Waals surface area contributed by atoms with Crippen LogP contribution in [0, 0.1) is 6.92 Å². The lowest BCUT2D eigenvalue weighted by molar-refractivity contribution is 0.288. The molecule has 0 saturated heterocycles. The molecule has 0 saturated carbocycles. The van der Waals surface area contributed by atoms with Crippen molar-refractivity contribution in [3.8, 4) is 0 Å². The predicted octanol–water partition coefficient (Wildman–Crippen LogP) is 2.43. The number of nitrogens with one attached hydrogen (secondary N) is 1. The molecule has 0 aliphatic carbocycles. The first-order valence-electron chi connectivity index (χ1n) is 6.23. The van der Waals surface area contributed by atoms with Gasteiger partial charge in [0.15, 0.2) is 0 Å². The fourth-order valence-electron chi connectivity index (χ4n) is 1.69. The van der Waals surface area contributed by atoms with E-state index in [1.54, 1.807) is 11.8 Å². The summed E-state index contributed by atoms with van der Waals surface area (Å²) in [5, 5.41) is 12.7. The van der Waals surface area contributed by atoms with Crippen molar-refractivity contribution in [1.29, 1.82) is 0 Å². The molecule has 102 valence electrons. The minimum atomic E-state index is 0.131. The van der Waals surface area contributed by atoms with Gasteiger partial charge in [-0.05, 0) is 32.1 Å². The van der Waals surface area contributed by atoms with E-state index < -0.39 is 0 Å². The normalized spacial score (nSPS) is 14.6. The van der Waals surface area contributed by atoms with Crippen LogP contribution >= 0.6 is 11.8 Å². The second-order valence-corrected chi connectivity index (χ2v) is 5.88. The van der Waals surface area contributed by atoms with Crippen molar-refractivity contribution in [2.45, 2.75) is 44.9 Å². The van der Waals surface area contributed by atoms with E-state index >= 15 is 0 Å². The molecular weight excluding hydrogens is 246 g/mol. The zero-order chi connectivity index (χ0) is 13.7. The van der Waals surface area contributed by atoms with Gasteiger partial charge in [0.05, 0.1) is 6.61 Å². The highest BCUT2D eigenvalue weighted by Gasteiger charge is 2.16. The lowest BCUT2D eigenvalue weighted by Crippen LogP contribution is -2.31. The van der Waals surface area contributed by atoms with Crippen molar-refractivity contribution in [2.24, 2.45) is 0 Å². The zero-order valence-electron chi connectivity index (χ0n) is 11.8. The molecule has 0 fully saturated rings. The molecule has 4 nitrogen and oxygen atoms in total. The lowest BCUT2D eigenvalue weighted by atomic mass is 10.1. The lowest BCUT2D eigenvalue weighted by Gasteiger charge is -2.21. The SMILES string of the molecule is CSC(CO)C(C)Nc1nc(C)cc(C(C)C)n1. The Morgan fingerprint density at radius 2 is 2.00 bits per heavy atom. The van der Waals surface area contributed by atoms with Crippen LogP contribution in [0.5, 0.6) is 0 Å². The van der Waals surface area contributed by atoms with E-state index in [4.69, 9.17) is 0 Å². The van der Waals surface area contributed by atoms with E-state index in [9.17, 15) is 5.11 Å². The first-order chi connectivity index (χ1) is 8.47. The van der Waals surface area contributed by atoms with E-state index in [1.165, 1.54) is 0 Å². The molecule has 0 aliphatic rings. The molecular formula is C13H23N3OS. The van der Waals surface area contributed by atoms with Crippen molar-refractivity contribution < 1.29 is 5.11 Å². The highest BCUT2D eigenvalue weighted by atomic mass is 32.2. The summed E-state index contributed by atoms with van der Waals surface area (Å²) in [7, 11) is 0. The van der Waals surface area contributed by atoms with Gasteiger partial charge in [0.25, 0.3) is 0 Å². The minimum absolute atomic E-state index is 0.131. The fourth-order valence-corrected chi connectivity index (χ4v) is 2.31. The van der Waals surface area contributed by atoms with Crippen LogP contribution in [0.1, 0.15) is 38.1 Å². The van der Waals surface area contributed by atoms with Gasteiger partial charge in [-0.2, -0.15) is 11.8 Å². The van der Waals surface area contributed by atoms with Gasteiger partial charge in [0.2, 0.25) is 5.95 Å². The summed E-state index contributed by atoms with van der Waals surface area (Å²) < 4.78 is 0. The monoisotopic (exact) mass is 269 g/mol. The number of aliphatic hydroxyl groups excluding tert-OH is 1. The van der Waals surface area contributed by atoms with Gasteiger partial charge in [-0.15, -0.1) is 0 Å². The third kappa shape index (κ3) is 4.14. The van der Waals surface area contributed by atoms with Gasteiger partial charge in [-0.25, -0.2) is 9.97 Å². The summed E-state index contributed by atoms with van der Waals surface area (Å²) in [6.45, 7) is 8.40. The molecule has 1 aromatic heterocycles. The third-order valence-electron chi connectivity index (χ3n) is 2.86. The second kappa shape index (κ2) is 6.95. The maximum absolute atomic E-state index is 9.27. The van der Waals surface area contributed by atoms with Crippen LogP contribution in [-0.2, 0) is 0 Å². The number of anilines is 1. The molecule has 0 aliphatic heterocycles. The Morgan fingerprint density at radius 1 is 1.33 bits per heavy atom. The Bertz CT molecular complexity index is 380. The Hall–Kier alpha value is -0.810. The Balaban J connectivity index is 2.83. The molecule has 1 aromatic rings. The van der Waals surface area contributed by atoms with Gasteiger partial charge < -0.3 is 10.4 Å². The number of nitrogens with zero attached hydrogens (tertiary/aromatic N) is 2. The number of hydrogen-bond acceptors (Lipinski definition) is 5. The summed E-state index contributed by atoms with van der Waals surface area (Å²) in [4.78, 5) is 8.91. The minimum Gasteiger partial charge on any atom is -0.395 e. The molecule has 2 unspecified atom stereocenters. The smallest absolute Gasteiger partial charge is 0.223 e. The van der Waals surface area contributed by atoms with Crippen LogP contribution in [0.15, 0.2) is 6.07 Å². The van der Waals surface area contributed by atoms with Gasteiger partial charge in [0.1, 0.15) is 0 Å². The summed E-state index contributed by atoms with van der Waals surface area (Å²) in [6, 6.07) is 2.14. The van der Waals surface area contributed by atoms with Gasteiger partial charge in [-0.1, -0.05) is 13.8 Å². The molecule has 0 aromatic carbocycles. The standard InChI is InChI=1S/C13H23N3OS/c1-8(2)11-6-9(3)14-13(16-11)15-10(4)12(7-17)18-5/h6,8,10,12,17H,7H2,1-5H3,(H,14,15,16). The molecule has 1 heterocycles. The van der Waals surface area contributed by atoms with Crippen molar-refractivity contribution in [3.63, 3.8) is 0 Å². The van der Waals surface area contributed by atoms with Crippen LogP contribution < -0.4 is 5.32 Å². The molecule has 18 heavy (non-hydrogen) atoms. The Morgan fingerprint density at radius 3 is 2.50 bits per heavy atom. The first kappa shape index (κ1) is 15.2. The average Bonchev–Trinajstić information content (AvgIpc) is 2.29. The van der Waals surface area contributed by atoms with E-state index in [1.807, 2.05) is 26.2 Å². The third-order valence-corrected chi connectivity index (χ3v) is 4.03. The van der Waals surface area contributed by atoms with Crippen LogP contribution in [0.3, 0.4) is 0 Å². The molecule has 0 spiro atoms. The molecule has 2 atom stereocenters. The number of hydrogen-bond donors (Lipinski definition) is 2. The number of aromatic nitrogens is 2. The van der Waals surface area contributed by atoms with E-state index in [0.717, 1.165) is 11.4 Å². The van der Waals surface area contributed by atoms with Gasteiger partial charge in [0, 0.05) is 22.7 Å². The molecule has 0 radical (unpaired) electrons. The van der Waals surface area contributed by atoms with Crippen molar-refractivity contribution in [1.82, 2.24) is 9.97 Å². The van der Waals surface area contributed by atoms with Crippen molar-refractivity contribution >= 4 is 17.7 Å². The topological polar surface area (TPSA) is 58.0 Å². The molecule has 0 bridgehead atoms. The highest BCUT2D eigenvalue weighted by Crippen LogP contribution is 2.17. The van der Waals surface area contributed by atoms with Crippen molar-refractivity contribution in [2.75, 3.05) is 18.2 Å². The first-order valence-corrected chi connectivity index (χ1v) is 7.52. The Kier molecular flexibility index (Phi) is 5.88. The largest absolute Gasteiger partial charge is 0.395 e. The molecule has 0 amide bonds. The number of aliphatic hydroxyl groups is 1. The summed E-state index contributed by atoms with van der Waals surface area (Å²) in [5.41, 5.74) is 2.01. The van der Waals surface area contributed by atoms with Crippen molar-refractivity contribution in [3.05, 3.63) is 17.5 Å². The quantitative estimate of drug-likeness (QED) is 0.830. The Labute approximate surface area is 114 Å². The molecule has 2 N–H and O–H groups in total. The number of rotatable bonds is 6.